The van der Waals surface area contributed by atoms with E-state index in [4.69, 9.17) is 4.74 Å². The molecule has 1 aliphatic rings. The second kappa shape index (κ2) is 6.08. The molecule has 1 fully saturated rings. The summed E-state index contributed by atoms with van der Waals surface area (Å²) in [6, 6.07) is 0.327. The third-order valence-electron chi connectivity index (χ3n) is 2.82. The van der Waals surface area contributed by atoms with E-state index in [9.17, 15) is 4.79 Å². The summed E-state index contributed by atoms with van der Waals surface area (Å²) in [6.45, 7) is 8.68. The predicted molar refractivity (Wildman–Crippen MR) is 70.0 cm³/mol. The molecule has 3 heteroatoms. The molecular weight excluding hydrogens is 214 g/mol. The fraction of sp³-hybridized carbons (Fsp3) is 0.786. The van der Waals surface area contributed by atoms with Crippen LogP contribution < -0.4 is 0 Å². The van der Waals surface area contributed by atoms with Gasteiger partial charge in [0.25, 0.3) is 0 Å². The Hall–Kier alpha value is -0.990. The Morgan fingerprint density at radius 3 is 2.71 bits per heavy atom. The Balaban J connectivity index is 2.51. The van der Waals surface area contributed by atoms with Crippen LogP contribution in [-0.2, 0) is 4.74 Å². The topological polar surface area (TPSA) is 29.5 Å². The van der Waals surface area contributed by atoms with Crippen molar-refractivity contribution >= 4 is 6.09 Å². The molecule has 0 spiro atoms. The molecule has 1 rings (SSSR count). The summed E-state index contributed by atoms with van der Waals surface area (Å²) in [4.78, 5) is 13.9. The number of hydrogen-bond acceptors (Lipinski definition) is 2. The Kier molecular flexibility index (Phi) is 5.03. The molecule has 0 saturated carbocycles. The van der Waals surface area contributed by atoms with Crippen LogP contribution in [-0.4, -0.2) is 29.2 Å². The van der Waals surface area contributed by atoms with E-state index in [0.717, 1.165) is 32.2 Å². The Labute approximate surface area is 105 Å². The molecule has 98 valence electrons. The number of rotatable bonds is 3. The van der Waals surface area contributed by atoms with Gasteiger partial charge in [0.2, 0.25) is 0 Å². The lowest BCUT2D eigenvalue weighted by molar-refractivity contribution is 0.0228. The second-order valence-electron chi connectivity index (χ2n) is 5.59. The molecule has 1 amide bonds. The second-order valence-corrected chi connectivity index (χ2v) is 5.59. The van der Waals surface area contributed by atoms with Gasteiger partial charge in [-0.25, -0.2) is 4.79 Å². The van der Waals surface area contributed by atoms with Crippen molar-refractivity contribution in [3.63, 3.8) is 0 Å². The summed E-state index contributed by atoms with van der Waals surface area (Å²) in [5.41, 5.74) is -0.399. The average Bonchev–Trinajstić information content (AvgIpc) is 2.64. The molecule has 1 heterocycles. The lowest BCUT2D eigenvalue weighted by Gasteiger charge is -2.28. The molecule has 1 saturated heterocycles. The van der Waals surface area contributed by atoms with Crippen LogP contribution in [0, 0.1) is 0 Å². The molecule has 1 atom stereocenters. The van der Waals surface area contributed by atoms with Crippen LogP contribution in [0.5, 0.6) is 0 Å². The molecule has 0 unspecified atom stereocenters. The van der Waals surface area contributed by atoms with Crippen molar-refractivity contribution in [1.29, 1.82) is 0 Å². The van der Waals surface area contributed by atoms with Crippen LogP contribution in [0.1, 0.15) is 53.4 Å². The summed E-state index contributed by atoms with van der Waals surface area (Å²) in [5, 5.41) is 0. The molecule has 0 N–H and O–H groups in total. The van der Waals surface area contributed by atoms with Crippen LogP contribution in [0.25, 0.3) is 0 Å². The zero-order chi connectivity index (χ0) is 12.9. The van der Waals surface area contributed by atoms with E-state index >= 15 is 0 Å². The smallest absolute Gasteiger partial charge is 0.410 e. The number of hydrogen-bond donors (Lipinski definition) is 0. The number of allylic oxidation sites excluding steroid dienone is 1. The number of carbonyl (C=O) groups excluding carboxylic acids is 1. The normalized spacial score (nSPS) is 21.2. The van der Waals surface area contributed by atoms with Crippen molar-refractivity contribution in [3.8, 4) is 0 Å². The van der Waals surface area contributed by atoms with E-state index in [1.165, 1.54) is 0 Å². The van der Waals surface area contributed by atoms with Crippen molar-refractivity contribution in [1.82, 2.24) is 4.90 Å². The molecule has 0 bridgehead atoms. The van der Waals surface area contributed by atoms with Gasteiger partial charge in [-0.15, -0.1) is 0 Å². The van der Waals surface area contributed by atoms with E-state index in [1.54, 1.807) is 0 Å². The third kappa shape index (κ3) is 4.80. The van der Waals surface area contributed by atoms with E-state index in [2.05, 4.69) is 19.1 Å². The minimum atomic E-state index is -0.399. The maximum atomic E-state index is 12.0. The standard InChI is InChI=1S/C14H25NO2/c1-5-6-7-9-12-10-8-11-15(12)13(16)17-14(2,3)4/h6-7,12H,5,8-11H2,1-4H3/b7-6+/t12-/m0/s1. The van der Waals surface area contributed by atoms with Gasteiger partial charge in [0.1, 0.15) is 5.60 Å². The summed E-state index contributed by atoms with van der Waals surface area (Å²) in [5.74, 6) is 0. The molecule has 1 aliphatic heterocycles. The molecule has 3 nitrogen and oxygen atoms in total. The van der Waals surface area contributed by atoms with Crippen molar-refractivity contribution in [2.45, 2.75) is 65.0 Å². The summed E-state index contributed by atoms with van der Waals surface area (Å²) in [6.07, 6.45) is 8.35. The number of ether oxygens (including phenoxy) is 1. The quantitative estimate of drug-likeness (QED) is 0.702. The van der Waals surface area contributed by atoms with Crippen molar-refractivity contribution in [2.24, 2.45) is 0 Å². The highest BCUT2D eigenvalue weighted by molar-refractivity contribution is 5.69. The van der Waals surface area contributed by atoms with Gasteiger partial charge in [-0.05, 0) is 46.5 Å². The SMILES string of the molecule is CC/C=C/C[C@H]1CCCN1C(=O)OC(C)(C)C. The highest BCUT2D eigenvalue weighted by Crippen LogP contribution is 2.23. The van der Waals surface area contributed by atoms with Crippen molar-refractivity contribution in [2.75, 3.05) is 6.54 Å². The fourth-order valence-corrected chi connectivity index (χ4v) is 2.06. The predicted octanol–water partition coefficient (Wildman–Crippen LogP) is 3.74. The van der Waals surface area contributed by atoms with Crippen molar-refractivity contribution in [3.05, 3.63) is 12.2 Å². The Morgan fingerprint density at radius 2 is 2.12 bits per heavy atom. The van der Waals surface area contributed by atoms with Gasteiger partial charge < -0.3 is 9.64 Å². The number of amides is 1. The molecule has 0 radical (unpaired) electrons. The highest BCUT2D eigenvalue weighted by atomic mass is 16.6. The van der Waals surface area contributed by atoms with Crippen LogP contribution in [0.3, 0.4) is 0 Å². The summed E-state index contributed by atoms with van der Waals surface area (Å²) < 4.78 is 5.42. The molecule has 0 aliphatic carbocycles. The average molecular weight is 239 g/mol. The zero-order valence-corrected chi connectivity index (χ0v) is 11.5. The van der Waals surface area contributed by atoms with Gasteiger partial charge >= 0.3 is 6.09 Å². The third-order valence-corrected chi connectivity index (χ3v) is 2.82. The molecule has 0 aromatic heterocycles. The first kappa shape index (κ1) is 14.1. The molecule has 0 aromatic rings. The first-order valence-corrected chi connectivity index (χ1v) is 6.58. The van der Waals surface area contributed by atoms with Crippen LogP contribution in [0.2, 0.25) is 0 Å². The minimum absolute atomic E-state index is 0.162. The number of carbonyl (C=O) groups is 1. The lowest BCUT2D eigenvalue weighted by atomic mass is 10.1. The van der Waals surface area contributed by atoms with Gasteiger partial charge in [0.15, 0.2) is 0 Å². The van der Waals surface area contributed by atoms with E-state index in [-0.39, 0.29) is 6.09 Å². The largest absolute Gasteiger partial charge is 0.444 e. The van der Waals surface area contributed by atoms with E-state index in [1.807, 2.05) is 25.7 Å². The van der Waals surface area contributed by atoms with E-state index < -0.39 is 5.60 Å². The van der Waals surface area contributed by atoms with Crippen LogP contribution >= 0.6 is 0 Å². The van der Waals surface area contributed by atoms with Crippen LogP contribution in [0.4, 0.5) is 4.79 Å². The van der Waals surface area contributed by atoms with Gasteiger partial charge in [-0.2, -0.15) is 0 Å². The summed E-state index contributed by atoms with van der Waals surface area (Å²) >= 11 is 0. The molecular formula is C14H25NO2. The fourth-order valence-electron chi connectivity index (χ4n) is 2.06. The monoisotopic (exact) mass is 239 g/mol. The Bertz CT molecular complexity index is 278. The van der Waals surface area contributed by atoms with E-state index in [0.29, 0.717) is 6.04 Å². The highest BCUT2D eigenvalue weighted by Gasteiger charge is 2.31. The Morgan fingerprint density at radius 1 is 1.41 bits per heavy atom. The maximum Gasteiger partial charge on any atom is 0.410 e. The van der Waals surface area contributed by atoms with Gasteiger partial charge in [0, 0.05) is 12.6 Å². The van der Waals surface area contributed by atoms with Crippen LogP contribution in [0.15, 0.2) is 12.2 Å². The lowest BCUT2D eigenvalue weighted by Crippen LogP contribution is -2.39. The number of likely N-dealkylation sites (tertiary alicyclic amines) is 1. The van der Waals surface area contributed by atoms with Gasteiger partial charge in [-0.3, -0.25) is 0 Å². The van der Waals surface area contributed by atoms with Gasteiger partial charge in [-0.1, -0.05) is 19.1 Å². The molecule has 0 aromatic carbocycles. The van der Waals surface area contributed by atoms with Gasteiger partial charge in [0.05, 0.1) is 0 Å². The number of nitrogens with zero attached hydrogens (tertiary/aromatic N) is 1. The summed E-state index contributed by atoms with van der Waals surface area (Å²) in [7, 11) is 0. The maximum absolute atomic E-state index is 12.0. The minimum Gasteiger partial charge on any atom is -0.444 e. The molecule has 17 heavy (non-hydrogen) atoms. The zero-order valence-electron chi connectivity index (χ0n) is 11.5. The van der Waals surface area contributed by atoms with Crippen molar-refractivity contribution < 1.29 is 9.53 Å². The first-order chi connectivity index (χ1) is 7.94. The first-order valence-electron chi connectivity index (χ1n) is 6.58.